The number of rotatable bonds is 5. The second-order valence-corrected chi connectivity index (χ2v) is 7.23. The monoisotopic (exact) mass is 332 g/mol. The van der Waals surface area contributed by atoms with E-state index >= 15 is 0 Å². The summed E-state index contributed by atoms with van der Waals surface area (Å²) in [6.07, 6.45) is 2.77. The maximum absolute atomic E-state index is 12.3. The van der Waals surface area contributed by atoms with Crippen LogP contribution in [0.5, 0.6) is 0 Å². The zero-order valence-electron chi connectivity index (χ0n) is 14.4. The highest BCUT2D eigenvalue weighted by Crippen LogP contribution is 2.35. The Morgan fingerprint density at radius 3 is 2.96 bits per heavy atom. The molecule has 5 nitrogen and oxygen atoms in total. The molecule has 132 valence electrons. The summed E-state index contributed by atoms with van der Waals surface area (Å²) in [6, 6.07) is 10.2. The van der Waals surface area contributed by atoms with Gasteiger partial charge in [0.2, 0.25) is 5.91 Å². The average molecular weight is 332 g/mol. The third-order valence-corrected chi connectivity index (χ3v) is 5.41. The molecule has 2 heterocycles. The average Bonchev–Trinajstić information content (AvgIpc) is 3.01. The Morgan fingerprint density at radius 1 is 1.42 bits per heavy atom. The zero-order chi connectivity index (χ0) is 17.0. The number of ether oxygens (including phenoxy) is 1. The van der Waals surface area contributed by atoms with Crippen LogP contribution in [0, 0.1) is 5.92 Å². The van der Waals surface area contributed by atoms with Crippen LogP contribution in [0.2, 0.25) is 0 Å². The predicted molar refractivity (Wildman–Crippen MR) is 92.4 cm³/mol. The van der Waals surface area contributed by atoms with Crippen LogP contribution < -0.4 is 5.32 Å². The van der Waals surface area contributed by atoms with Crippen LogP contribution in [-0.2, 0) is 16.1 Å². The van der Waals surface area contributed by atoms with Gasteiger partial charge in [-0.15, -0.1) is 0 Å². The number of likely N-dealkylation sites (tertiary alicyclic amines) is 1. The van der Waals surface area contributed by atoms with Crippen molar-refractivity contribution in [2.75, 3.05) is 26.3 Å². The summed E-state index contributed by atoms with van der Waals surface area (Å²) in [5, 5.41) is 13.7. The third-order valence-electron chi connectivity index (χ3n) is 5.41. The largest absolute Gasteiger partial charge is 0.390 e. The Morgan fingerprint density at radius 2 is 2.21 bits per heavy atom. The van der Waals surface area contributed by atoms with Gasteiger partial charge in [-0.2, -0.15) is 0 Å². The molecule has 1 amide bonds. The number of carbonyl (C=O) groups is 1. The Kier molecular flexibility index (Phi) is 5.54. The van der Waals surface area contributed by atoms with Crippen molar-refractivity contribution < 1.29 is 14.6 Å². The number of benzene rings is 1. The molecule has 0 saturated carbocycles. The molecule has 0 aromatic heterocycles. The topological polar surface area (TPSA) is 61.8 Å². The van der Waals surface area contributed by atoms with Crippen LogP contribution in [0.25, 0.3) is 0 Å². The minimum absolute atomic E-state index is 0.0436. The molecule has 3 rings (SSSR count). The molecule has 3 atom stereocenters. The lowest BCUT2D eigenvalue weighted by Gasteiger charge is -2.43. The normalized spacial score (nSPS) is 31.1. The van der Waals surface area contributed by atoms with Gasteiger partial charge in [-0.3, -0.25) is 9.69 Å². The third kappa shape index (κ3) is 4.15. The number of carbonyl (C=O) groups excluding carboxylic acids is 1. The lowest BCUT2D eigenvalue weighted by atomic mass is 9.79. The Bertz CT molecular complexity index is 547. The van der Waals surface area contributed by atoms with E-state index in [9.17, 15) is 9.90 Å². The van der Waals surface area contributed by atoms with E-state index in [2.05, 4.69) is 10.2 Å². The highest BCUT2D eigenvalue weighted by atomic mass is 16.5. The van der Waals surface area contributed by atoms with Crippen LogP contribution in [0.1, 0.15) is 31.7 Å². The van der Waals surface area contributed by atoms with Crippen LogP contribution in [-0.4, -0.2) is 53.9 Å². The van der Waals surface area contributed by atoms with E-state index in [-0.39, 0.29) is 17.9 Å². The zero-order valence-corrected chi connectivity index (χ0v) is 14.4. The van der Waals surface area contributed by atoms with E-state index in [1.807, 2.05) is 37.3 Å². The van der Waals surface area contributed by atoms with Crippen molar-refractivity contribution in [2.24, 2.45) is 5.92 Å². The van der Waals surface area contributed by atoms with Crippen LogP contribution in [0.15, 0.2) is 30.3 Å². The van der Waals surface area contributed by atoms with Crippen molar-refractivity contribution in [3.05, 3.63) is 35.9 Å². The van der Waals surface area contributed by atoms with E-state index in [1.54, 1.807) is 0 Å². The van der Waals surface area contributed by atoms with Gasteiger partial charge < -0.3 is 15.2 Å². The molecule has 0 aliphatic carbocycles. The van der Waals surface area contributed by atoms with Crippen molar-refractivity contribution in [1.82, 2.24) is 10.2 Å². The van der Waals surface area contributed by atoms with Crippen molar-refractivity contribution in [3.8, 4) is 0 Å². The van der Waals surface area contributed by atoms with E-state index < -0.39 is 5.60 Å². The molecule has 5 heteroatoms. The molecule has 2 aliphatic rings. The van der Waals surface area contributed by atoms with Gasteiger partial charge in [0.15, 0.2) is 0 Å². The molecule has 0 unspecified atom stereocenters. The summed E-state index contributed by atoms with van der Waals surface area (Å²) >= 11 is 0. The lowest BCUT2D eigenvalue weighted by Crippen LogP contribution is -2.53. The molecule has 2 aliphatic heterocycles. The van der Waals surface area contributed by atoms with Crippen LogP contribution in [0.4, 0.5) is 0 Å². The fraction of sp³-hybridized carbons (Fsp3) is 0.632. The van der Waals surface area contributed by atoms with Crippen molar-refractivity contribution in [2.45, 2.75) is 44.4 Å². The molecule has 1 aromatic carbocycles. The molecule has 2 N–H and O–H groups in total. The van der Waals surface area contributed by atoms with Gasteiger partial charge in [-0.1, -0.05) is 30.3 Å². The lowest BCUT2D eigenvalue weighted by molar-refractivity contribution is -0.132. The standard InChI is InChI=1S/C19H28N2O3/c1-19(23)9-11-24-14-16(19)17-8-5-10-21(17)13-18(22)20-12-15-6-3-2-4-7-15/h2-4,6-7,16-17,23H,5,8-14H2,1H3,(H,20,22)/t16-,17+,19+/m1/s1. The number of hydrogen-bond acceptors (Lipinski definition) is 4. The summed E-state index contributed by atoms with van der Waals surface area (Å²) in [5.41, 5.74) is 0.402. The van der Waals surface area contributed by atoms with Gasteiger partial charge in [0.05, 0.1) is 18.8 Å². The first kappa shape index (κ1) is 17.4. The first-order valence-electron chi connectivity index (χ1n) is 8.91. The summed E-state index contributed by atoms with van der Waals surface area (Å²) in [6.45, 7) is 4.97. The molecule has 2 fully saturated rings. The van der Waals surface area contributed by atoms with Crippen LogP contribution in [0.3, 0.4) is 0 Å². The highest BCUT2D eigenvalue weighted by molar-refractivity contribution is 5.78. The van der Waals surface area contributed by atoms with Gasteiger partial charge in [-0.25, -0.2) is 0 Å². The molecule has 1 aromatic rings. The molecular formula is C19H28N2O3. The fourth-order valence-electron chi connectivity index (χ4n) is 3.92. The van der Waals surface area contributed by atoms with E-state index in [0.29, 0.717) is 32.7 Å². The van der Waals surface area contributed by atoms with Crippen LogP contribution >= 0.6 is 0 Å². The SMILES string of the molecule is C[C@]1(O)CCOC[C@@H]1[C@@H]1CCCN1CC(=O)NCc1ccccc1. The molecule has 2 saturated heterocycles. The summed E-state index contributed by atoms with van der Waals surface area (Å²) in [5.74, 6) is 0.123. The number of nitrogens with zero attached hydrogens (tertiary/aromatic N) is 1. The van der Waals surface area contributed by atoms with E-state index in [0.717, 1.165) is 24.9 Å². The smallest absolute Gasteiger partial charge is 0.234 e. The van der Waals surface area contributed by atoms with E-state index in [4.69, 9.17) is 4.74 Å². The Balaban J connectivity index is 1.54. The molecule has 0 radical (unpaired) electrons. The van der Waals surface area contributed by atoms with E-state index in [1.165, 1.54) is 0 Å². The molecule has 0 bridgehead atoms. The first-order valence-corrected chi connectivity index (χ1v) is 8.91. The minimum Gasteiger partial charge on any atom is -0.390 e. The number of amides is 1. The molecular weight excluding hydrogens is 304 g/mol. The van der Waals surface area contributed by atoms with Gasteiger partial charge >= 0.3 is 0 Å². The van der Waals surface area contributed by atoms with Crippen molar-refractivity contribution in [1.29, 1.82) is 0 Å². The summed E-state index contributed by atoms with van der Waals surface area (Å²) in [4.78, 5) is 14.5. The van der Waals surface area contributed by atoms with Crippen molar-refractivity contribution >= 4 is 5.91 Å². The molecule has 24 heavy (non-hydrogen) atoms. The number of aliphatic hydroxyl groups is 1. The second-order valence-electron chi connectivity index (χ2n) is 7.23. The summed E-state index contributed by atoms with van der Waals surface area (Å²) < 4.78 is 5.60. The maximum Gasteiger partial charge on any atom is 0.234 e. The molecule has 0 spiro atoms. The maximum atomic E-state index is 12.3. The fourth-order valence-corrected chi connectivity index (χ4v) is 3.92. The number of hydrogen-bond donors (Lipinski definition) is 2. The van der Waals surface area contributed by atoms with Gasteiger partial charge in [0, 0.05) is 25.1 Å². The van der Waals surface area contributed by atoms with Gasteiger partial charge in [-0.05, 0) is 38.3 Å². The van der Waals surface area contributed by atoms with Gasteiger partial charge in [0.25, 0.3) is 0 Å². The predicted octanol–water partition coefficient (Wildman–Crippen LogP) is 1.55. The van der Waals surface area contributed by atoms with Crippen molar-refractivity contribution in [3.63, 3.8) is 0 Å². The minimum atomic E-state index is -0.702. The Labute approximate surface area is 144 Å². The quantitative estimate of drug-likeness (QED) is 0.859. The summed E-state index contributed by atoms with van der Waals surface area (Å²) in [7, 11) is 0. The van der Waals surface area contributed by atoms with Gasteiger partial charge in [0.1, 0.15) is 0 Å². The number of nitrogens with one attached hydrogen (secondary N) is 1. The first-order chi connectivity index (χ1) is 11.6. The second kappa shape index (κ2) is 7.64. The Hall–Kier alpha value is -1.43. The highest BCUT2D eigenvalue weighted by Gasteiger charge is 2.44.